The Bertz CT molecular complexity index is 1030. The number of hydrogen-bond acceptors (Lipinski definition) is 5. The summed E-state index contributed by atoms with van der Waals surface area (Å²) in [6.45, 7) is 0.345. The fourth-order valence-corrected chi connectivity index (χ4v) is 3.52. The average Bonchev–Trinajstić information content (AvgIpc) is 2.92. The summed E-state index contributed by atoms with van der Waals surface area (Å²) in [5.74, 6) is -1.19. The molecule has 0 saturated carbocycles. The third-order valence-corrected chi connectivity index (χ3v) is 4.94. The summed E-state index contributed by atoms with van der Waals surface area (Å²) in [5.41, 5.74) is -0.598. The molecule has 6 nitrogen and oxygen atoms in total. The van der Waals surface area contributed by atoms with Gasteiger partial charge in [0.15, 0.2) is 5.57 Å². The molecule has 0 atom stereocenters. The molecule has 0 radical (unpaired) electrons. The van der Waals surface area contributed by atoms with Gasteiger partial charge in [0.1, 0.15) is 16.5 Å². The van der Waals surface area contributed by atoms with Crippen LogP contribution in [0.15, 0.2) is 23.0 Å². The first-order valence-corrected chi connectivity index (χ1v) is 8.64. The van der Waals surface area contributed by atoms with Crippen LogP contribution in [0.25, 0.3) is 11.6 Å². The lowest BCUT2D eigenvalue weighted by molar-refractivity contribution is -0.115. The van der Waals surface area contributed by atoms with E-state index in [1.165, 1.54) is 43.0 Å². The molecule has 0 aliphatic heterocycles. The minimum atomic E-state index is -0.615. The van der Waals surface area contributed by atoms with Crippen LogP contribution in [0.3, 0.4) is 0 Å². The standard InChI is InChI=1S/C17H15ClFN3O3S/c1-21-15(23)11(9-20)17-22(6-7-25-2)16(24)14(26-17)8-10-12(18)4-3-5-13(10)19/h3-5,8H,6-7H2,1-2H3,(H,21,23)/b14-8-,17-11-. The minimum Gasteiger partial charge on any atom is -0.383 e. The number of benzene rings is 1. The number of halogens is 2. The highest BCUT2D eigenvalue weighted by Crippen LogP contribution is 2.19. The van der Waals surface area contributed by atoms with Gasteiger partial charge >= 0.3 is 0 Å². The lowest BCUT2D eigenvalue weighted by Gasteiger charge is -2.02. The SMILES string of the molecule is CNC(=O)/C(C#N)=c1\s/c(=C\c2c(F)cccc2Cl)c(=O)n1CCOC. The molecule has 1 aromatic heterocycles. The van der Waals surface area contributed by atoms with Gasteiger partial charge in [-0.05, 0) is 18.2 Å². The first kappa shape index (κ1) is 19.8. The van der Waals surface area contributed by atoms with Crippen molar-refractivity contribution in [2.24, 2.45) is 0 Å². The van der Waals surface area contributed by atoms with Gasteiger partial charge in [0, 0.05) is 19.7 Å². The highest BCUT2D eigenvalue weighted by molar-refractivity contribution is 7.07. The number of ether oxygens (including phenoxy) is 1. The summed E-state index contributed by atoms with van der Waals surface area (Å²) in [4.78, 5) is 24.7. The fourth-order valence-electron chi connectivity index (χ4n) is 2.19. The van der Waals surface area contributed by atoms with Crippen molar-refractivity contribution >= 4 is 40.5 Å². The van der Waals surface area contributed by atoms with Crippen molar-refractivity contribution in [1.82, 2.24) is 9.88 Å². The number of amides is 1. The molecule has 136 valence electrons. The zero-order valence-corrected chi connectivity index (χ0v) is 15.6. The van der Waals surface area contributed by atoms with Crippen LogP contribution < -0.4 is 20.1 Å². The Labute approximate surface area is 157 Å². The van der Waals surface area contributed by atoms with Gasteiger partial charge < -0.3 is 10.1 Å². The van der Waals surface area contributed by atoms with Crippen molar-refractivity contribution in [3.63, 3.8) is 0 Å². The van der Waals surface area contributed by atoms with Crippen molar-refractivity contribution in [3.8, 4) is 6.07 Å². The summed E-state index contributed by atoms with van der Waals surface area (Å²) >= 11 is 6.93. The summed E-state index contributed by atoms with van der Waals surface area (Å²) in [6, 6.07) is 6.01. The molecule has 26 heavy (non-hydrogen) atoms. The lowest BCUT2D eigenvalue weighted by atomic mass is 10.2. The number of aromatic nitrogens is 1. The number of thiazole rings is 1. The van der Waals surface area contributed by atoms with E-state index in [0.29, 0.717) is 0 Å². The second-order valence-corrected chi connectivity index (χ2v) is 6.50. The summed E-state index contributed by atoms with van der Waals surface area (Å²) < 4.78 is 20.6. The Morgan fingerprint density at radius 3 is 2.85 bits per heavy atom. The van der Waals surface area contributed by atoms with E-state index in [9.17, 15) is 19.2 Å². The monoisotopic (exact) mass is 395 g/mol. The molecule has 0 unspecified atom stereocenters. The second-order valence-electron chi connectivity index (χ2n) is 5.07. The van der Waals surface area contributed by atoms with E-state index in [4.69, 9.17) is 16.3 Å². The maximum atomic E-state index is 14.0. The predicted molar refractivity (Wildman–Crippen MR) is 97.8 cm³/mol. The largest absolute Gasteiger partial charge is 0.383 e. The molecule has 1 aromatic carbocycles. The van der Waals surface area contributed by atoms with Crippen LogP contribution in [-0.4, -0.2) is 31.2 Å². The number of hydrogen-bond donors (Lipinski definition) is 1. The van der Waals surface area contributed by atoms with Gasteiger partial charge in [-0.15, -0.1) is 11.3 Å². The Hall–Kier alpha value is -2.47. The van der Waals surface area contributed by atoms with E-state index < -0.39 is 17.3 Å². The quantitative estimate of drug-likeness (QED) is 0.803. The molecule has 0 bridgehead atoms. The van der Waals surface area contributed by atoms with Crippen LogP contribution in [0.4, 0.5) is 4.39 Å². The van der Waals surface area contributed by atoms with E-state index in [0.717, 1.165) is 11.3 Å². The Morgan fingerprint density at radius 2 is 2.27 bits per heavy atom. The molecule has 0 fully saturated rings. The van der Waals surface area contributed by atoms with Crippen molar-refractivity contribution in [1.29, 1.82) is 5.26 Å². The molecule has 0 saturated heterocycles. The van der Waals surface area contributed by atoms with E-state index in [1.54, 1.807) is 0 Å². The molecule has 1 N–H and O–H groups in total. The molecule has 0 aliphatic rings. The van der Waals surface area contributed by atoms with Crippen LogP contribution >= 0.6 is 22.9 Å². The van der Waals surface area contributed by atoms with Crippen LogP contribution in [0.2, 0.25) is 5.02 Å². The number of rotatable bonds is 5. The smallest absolute Gasteiger partial charge is 0.269 e. The van der Waals surface area contributed by atoms with Crippen molar-refractivity contribution in [2.45, 2.75) is 6.54 Å². The Morgan fingerprint density at radius 1 is 1.54 bits per heavy atom. The average molecular weight is 396 g/mol. The highest BCUT2D eigenvalue weighted by Gasteiger charge is 2.15. The van der Waals surface area contributed by atoms with Gasteiger partial charge in [-0.25, -0.2) is 4.39 Å². The number of nitrogens with one attached hydrogen (secondary N) is 1. The maximum absolute atomic E-state index is 14.0. The van der Waals surface area contributed by atoms with Crippen LogP contribution in [0, 0.1) is 17.1 Å². The number of methoxy groups -OCH3 is 1. The van der Waals surface area contributed by atoms with Crippen molar-refractivity contribution in [2.75, 3.05) is 20.8 Å². The van der Waals surface area contributed by atoms with Gasteiger partial charge in [-0.1, -0.05) is 17.7 Å². The minimum absolute atomic E-state index is 0.0661. The zero-order valence-electron chi connectivity index (χ0n) is 14.0. The Balaban J connectivity index is 2.85. The fraction of sp³-hybridized carbons (Fsp3) is 0.235. The van der Waals surface area contributed by atoms with Crippen molar-refractivity contribution < 1.29 is 13.9 Å². The summed E-state index contributed by atoms with van der Waals surface area (Å²) in [7, 11) is 2.86. The number of carbonyl (C=O) groups excluding carboxylic acids is 1. The third-order valence-electron chi connectivity index (χ3n) is 3.48. The summed E-state index contributed by atoms with van der Waals surface area (Å²) in [6.07, 6.45) is 1.32. The number of nitriles is 1. The van der Waals surface area contributed by atoms with Crippen LogP contribution in [-0.2, 0) is 16.1 Å². The molecule has 9 heteroatoms. The highest BCUT2D eigenvalue weighted by atomic mass is 35.5. The van der Waals surface area contributed by atoms with E-state index in [2.05, 4.69) is 5.32 Å². The second kappa shape index (κ2) is 8.76. The first-order chi connectivity index (χ1) is 12.4. The first-order valence-electron chi connectivity index (χ1n) is 7.45. The molecular weight excluding hydrogens is 381 g/mol. The zero-order chi connectivity index (χ0) is 19.3. The van der Waals surface area contributed by atoms with Gasteiger partial charge in [0.2, 0.25) is 0 Å². The van der Waals surface area contributed by atoms with Crippen molar-refractivity contribution in [3.05, 3.63) is 54.2 Å². The normalized spacial score (nSPS) is 12.7. The molecule has 0 spiro atoms. The predicted octanol–water partition coefficient (Wildman–Crippen LogP) is 0.598. The van der Waals surface area contributed by atoms with E-state index in [1.807, 2.05) is 6.07 Å². The van der Waals surface area contributed by atoms with Gasteiger partial charge in [-0.3, -0.25) is 14.2 Å². The van der Waals surface area contributed by atoms with Crippen LogP contribution in [0.5, 0.6) is 0 Å². The van der Waals surface area contributed by atoms with E-state index in [-0.39, 0.29) is 38.5 Å². The lowest BCUT2D eigenvalue weighted by Crippen LogP contribution is -2.35. The molecule has 2 aromatic rings. The Kier molecular flexibility index (Phi) is 6.69. The van der Waals surface area contributed by atoms with Gasteiger partial charge in [0.05, 0.1) is 22.7 Å². The maximum Gasteiger partial charge on any atom is 0.269 e. The molecule has 2 rings (SSSR count). The molecule has 0 aliphatic carbocycles. The molecule has 1 heterocycles. The summed E-state index contributed by atoms with van der Waals surface area (Å²) in [5, 5.41) is 11.8. The third kappa shape index (κ3) is 4.02. The molecule has 1 amide bonds. The van der Waals surface area contributed by atoms with Crippen LogP contribution in [0.1, 0.15) is 5.56 Å². The van der Waals surface area contributed by atoms with E-state index >= 15 is 0 Å². The molecular formula is C17H15ClFN3O3S. The van der Waals surface area contributed by atoms with Gasteiger partial charge in [-0.2, -0.15) is 5.26 Å². The topological polar surface area (TPSA) is 84.1 Å². The number of carbonyl (C=O) groups is 1. The van der Waals surface area contributed by atoms with Gasteiger partial charge in [0.25, 0.3) is 11.5 Å². The number of nitrogens with zero attached hydrogens (tertiary/aromatic N) is 2.